The maximum Gasteiger partial charge on any atom is 0.407 e. The van der Waals surface area contributed by atoms with E-state index in [0.717, 1.165) is 0 Å². The lowest BCUT2D eigenvalue weighted by molar-refractivity contribution is -0.0213. The standard InChI is InChI=1S/C12H14FNO3/c13-10-3-1-9(2-4-10)12(17)5-7-14(8-6-12)11(15)16/h1-4,17H,5-8H2,(H,15,16). The number of benzene rings is 1. The number of rotatable bonds is 1. The number of likely N-dealkylation sites (tertiary alicyclic amines) is 1. The van der Waals surface area contributed by atoms with Crippen LogP contribution in [-0.2, 0) is 5.60 Å². The van der Waals surface area contributed by atoms with Gasteiger partial charge in [-0.1, -0.05) is 12.1 Å². The van der Waals surface area contributed by atoms with Gasteiger partial charge in [-0.2, -0.15) is 0 Å². The fourth-order valence-corrected chi connectivity index (χ4v) is 2.12. The van der Waals surface area contributed by atoms with E-state index in [1.54, 1.807) is 12.1 Å². The molecule has 4 nitrogen and oxygen atoms in total. The van der Waals surface area contributed by atoms with Crippen molar-refractivity contribution in [1.29, 1.82) is 0 Å². The lowest BCUT2D eigenvalue weighted by Gasteiger charge is -2.37. The van der Waals surface area contributed by atoms with E-state index in [-0.39, 0.29) is 5.82 Å². The van der Waals surface area contributed by atoms with Crippen LogP contribution in [0.2, 0.25) is 0 Å². The molecular formula is C12H14FNO3. The highest BCUT2D eigenvalue weighted by Gasteiger charge is 2.35. The first-order valence-electron chi connectivity index (χ1n) is 5.47. The minimum atomic E-state index is -1.04. The Morgan fingerprint density at radius 3 is 2.24 bits per heavy atom. The molecule has 2 rings (SSSR count). The molecule has 1 heterocycles. The van der Waals surface area contributed by atoms with Crippen molar-refractivity contribution in [3.05, 3.63) is 35.6 Å². The van der Waals surface area contributed by atoms with Gasteiger partial charge in [0.15, 0.2) is 0 Å². The molecule has 1 aromatic carbocycles. The molecule has 1 aliphatic heterocycles. The Hall–Kier alpha value is -1.62. The molecule has 0 saturated carbocycles. The third-order valence-electron chi connectivity index (χ3n) is 3.24. The first kappa shape index (κ1) is 11.9. The lowest BCUT2D eigenvalue weighted by atomic mass is 9.84. The van der Waals surface area contributed by atoms with E-state index in [9.17, 15) is 14.3 Å². The molecule has 1 fully saturated rings. The van der Waals surface area contributed by atoms with Gasteiger partial charge in [0.2, 0.25) is 0 Å². The largest absolute Gasteiger partial charge is 0.465 e. The lowest BCUT2D eigenvalue weighted by Crippen LogP contribution is -2.44. The van der Waals surface area contributed by atoms with Crippen molar-refractivity contribution in [2.45, 2.75) is 18.4 Å². The van der Waals surface area contributed by atoms with Gasteiger partial charge in [0.1, 0.15) is 5.82 Å². The number of halogens is 1. The molecular weight excluding hydrogens is 225 g/mol. The predicted octanol–water partition coefficient (Wildman–Crippen LogP) is 1.79. The summed E-state index contributed by atoms with van der Waals surface area (Å²) in [5.41, 5.74) is -0.399. The zero-order chi connectivity index (χ0) is 12.5. The van der Waals surface area contributed by atoms with Crippen LogP contribution in [-0.4, -0.2) is 34.3 Å². The van der Waals surface area contributed by atoms with Crippen LogP contribution in [0.4, 0.5) is 9.18 Å². The molecule has 5 heteroatoms. The molecule has 0 bridgehead atoms. The van der Waals surface area contributed by atoms with Crippen molar-refractivity contribution in [2.24, 2.45) is 0 Å². The number of hydrogen-bond donors (Lipinski definition) is 2. The molecule has 0 atom stereocenters. The molecule has 0 radical (unpaired) electrons. The summed E-state index contributed by atoms with van der Waals surface area (Å²) in [5, 5.41) is 19.2. The van der Waals surface area contributed by atoms with Gasteiger partial charge in [0, 0.05) is 13.1 Å². The Kier molecular flexibility index (Phi) is 3.02. The number of piperidine rings is 1. The molecule has 0 unspecified atom stereocenters. The quantitative estimate of drug-likeness (QED) is 0.785. The number of aliphatic hydroxyl groups is 1. The summed E-state index contributed by atoms with van der Waals surface area (Å²) in [4.78, 5) is 12.0. The van der Waals surface area contributed by atoms with Crippen LogP contribution < -0.4 is 0 Å². The van der Waals surface area contributed by atoms with E-state index in [2.05, 4.69) is 0 Å². The van der Waals surface area contributed by atoms with Crippen molar-refractivity contribution in [3.8, 4) is 0 Å². The Morgan fingerprint density at radius 1 is 1.24 bits per heavy atom. The SMILES string of the molecule is O=C(O)N1CCC(O)(c2ccc(F)cc2)CC1. The van der Waals surface area contributed by atoms with Crippen molar-refractivity contribution in [3.63, 3.8) is 0 Å². The molecule has 92 valence electrons. The molecule has 1 saturated heterocycles. The summed E-state index contributed by atoms with van der Waals surface area (Å²) in [6, 6.07) is 5.70. The minimum Gasteiger partial charge on any atom is -0.465 e. The van der Waals surface area contributed by atoms with Crippen LogP contribution in [0.15, 0.2) is 24.3 Å². The van der Waals surface area contributed by atoms with Gasteiger partial charge < -0.3 is 15.1 Å². The van der Waals surface area contributed by atoms with Crippen molar-refractivity contribution < 1.29 is 19.4 Å². The van der Waals surface area contributed by atoms with E-state index in [1.165, 1.54) is 17.0 Å². The number of nitrogens with zero attached hydrogens (tertiary/aromatic N) is 1. The monoisotopic (exact) mass is 239 g/mol. The Bertz CT molecular complexity index is 410. The predicted molar refractivity (Wildman–Crippen MR) is 59.1 cm³/mol. The van der Waals surface area contributed by atoms with Gasteiger partial charge in [0.25, 0.3) is 0 Å². The summed E-state index contributed by atoms with van der Waals surface area (Å²) in [6.45, 7) is 0.590. The number of carboxylic acid groups (broad SMARTS) is 1. The third kappa shape index (κ3) is 2.39. The average molecular weight is 239 g/mol. The molecule has 0 aromatic heterocycles. The van der Waals surface area contributed by atoms with Gasteiger partial charge in [-0.25, -0.2) is 9.18 Å². The fraction of sp³-hybridized carbons (Fsp3) is 0.417. The molecule has 2 N–H and O–H groups in total. The van der Waals surface area contributed by atoms with Gasteiger partial charge in [0.05, 0.1) is 5.60 Å². The summed E-state index contributed by atoms with van der Waals surface area (Å²) in [5.74, 6) is -0.347. The normalized spacial score (nSPS) is 19.1. The Labute approximate surface area is 98.3 Å². The average Bonchev–Trinajstić information content (AvgIpc) is 2.30. The van der Waals surface area contributed by atoms with E-state index in [4.69, 9.17) is 5.11 Å². The second-order valence-corrected chi connectivity index (χ2v) is 4.31. The smallest absolute Gasteiger partial charge is 0.407 e. The second kappa shape index (κ2) is 4.33. The summed E-state index contributed by atoms with van der Waals surface area (Å²) >= 11 is 0. The van der Waals surface area contributed by atoms with Gasteiger partial charge in [-0.05, 0) is 30.5 Å². The van der Waals surface area contributed by atoms with E-state index < -0.39 is 11.7 Å². The van der Waals surface area contributed by atoms with Gasteiger partial charge >= 0.3 is 6.09 Å². The van der Waals surface area contributed by atoms with Crippen LogP contribution in [0.5, 0.6) is 0 Å². The molecule has 17 heavy (non-hydrogen) atoms. The number of hydrogen-bond acceptors (Lipinski definition) is 2. The van der Waals surface area contributed by atoms with Crippen LogP contribution in [0, 0.1) is 5.82 Å². The zero-order valence-corrected chi connectivity index (χ0v) is 9.27. The Balaban J connectivity index is 2.11. The summed E-state index contributed by atoms with van der Waals surface area (Å²) < 4.78 is 12.8. The van der Waals surface area contributed by atoms with Crippen LogP contribution in [0.25, 0.3) is 0 Å². The van der Waals surface area contributed by atoms with E-state index in [0.29, 0.717) is 31.5 Å². The minimum absolute atomic E-state index is 0.295. The van der Waals surface area contributed by atoms with Gasteiger partial charge in [-0.3, -0.25) is 0 Å². The van der Waals surface area contributed by atoms with Crippen molar-refractivity contribution in [2.75, 3.05) is 13.1 Å². The fourth-order valence-electron chi connectivity index (χ4n) is 2.12. The molecule has 1 aliphatic rings. The Morgan fingerprint density at radius 2 is 1.76 bits per heavy atom. The van der Waals surface area contributed by atoms with E-state index >= 15 is 0 Å². The van der Waals surface area contributed by atoms with Crippen LogP contribution >= 0.6 is 0 Å². The molecule has 1 aromatic rings. The summed E-state index contributed by atoms with van der Waals surface area (Å²) in [6.07, 6.45) is -0.290. The second-order valence-electron chi connectivity index (χ2n) is 4.31. The van der Waals surface area contributed by atoms with Crippen molar-refractivity contribution >= 4 is 6.09 Å². The highest BCUT2D eigenvalue weighted by molar-refractivity contribution is 5.65. The first-order chi connectivity index (χ1) is 8.01. The number of amides is 1. The first-order valence-corrected chi connectivity index (χ1v) is 5.47. The van der Waals surface area contributed by atoms with Crippen molar-refractivity contribution in [1.82, 2.24) is 4.90 Å². The molecule has 0 spiro atoms. The zero-order valence-electron chi connectivity index (χ0n) is 9.27. The van der Waals surface area contributed by atoms with E-state index in [1.807, 2.05) is 0 Å². The highest BCUT2D eigenvalue weighted by atomic mass is 19.1. The van der Waals surface area contributed by atoms with Gasteiger partial charge in [-0.15, -0.1) is 0 Å². The maximum atomic E-state index is 12.8. The highest BCUT2D eigenvalue weighted by Crippen LogP contribution is 2.32. The summed E-state index contributed by atoms with van der Waals surface area (Å²) in [7, 11) is 0. The topological polar surface area (TPSA) is 60.8 Å². The van der Waals surface area contributed by atoms with Crippen LogP contribution in [0.3, 0.4) is 0 Å². The van der Waals surface area contributed by atoms with Crippen LogP contribution in [0.1, 0.15) is 18.4 Å². The molecule has 0 aliphatic carbocycles. The third-order valence-corrected chi connectivity index (χ3v) is 3.24. The number of carbonyl (C=O) groups is 1. The maximum absolute atomic E-state index is 12.8. The molecule has 1 amide bonds.